The molecule has 0 N–H and O–H groups in total. The van der Waals surface area contributed by atoms with E-state index < -0.39 is 0 Å². The summed E-state index contributed by atoms with van der Waals surface area (Å²) >= 11 is 0. The van der Waals surface area contributed by atoms with Crippen molar-refractivity contribution in [1.82, 2.24) is 9.13 Å². The number of rotatable bonds is 5. The van der Waals surface area contributed by atoms with Crippen molar-refractivity contribution in [2.24, 2.45) is 0 Å². The average molecular weight is 729 g/mol. The number of benzene rings is 8. The molecule has 2 heterocycles. The van der Waals surface area contributed by atoms with Gasteiger partial charge in [0, 0.05) is 27.1 Å². The van der Waals surface area contributed by atoms with E-state index in [2.05, 4.69) is 175 Å². The van der Waals surface area contributed by atoms with Gasteiger partial charge >= 0.3 is 0 Å². The van der Waals surface area contributed by atoms with E-state index in [1.54, 1.807) is 0 Å². The van der Waals surface area contributed by atoms with Crippen molar-refractivity contribution < 1.29 is 0 Å². The first-order valence-electron chi connectivity index (χ1n) is 19.2. The van der Waals surface area contributed by atoms with Crippen molar-refractivity contribution in [2.45, 2.75) is 20.8 Å². The van der Waals surface area contributed by atoms with Gasteiger partial charge in [0.1, 0.15) is 0 Å². The molecule has 0 saturated heterocycles. The molecule has 57 heavy (non-hydrogen) atoms. The molecule has 0 saturated carbocycles. The Morgan fingerprint density at radius 3 is 1.25 bits per heavy atom. The first kappa shape index (κ1) is 33.9. The minimum atomic E-state index is 0.540. The van der Waals surface area contributed by atoms with Crippen molar-refractivity contribution in [3.8, 4) is 56.9 Å². The summed E-state index contributed by atoms with van der Waals surface area (Å²) in [5, 5.41) is 25.6. The van der Waals surface area contributed by atoms with Gasteiger partial charge in [-0.3, -0.25) is 0 Å². The third kappa shape index (κ3) is 5.58. The van der Waals surface area contributed by atoms with Crippen molar-refractivity contribution in [3.63, 3.8) is 0 Å². The van der Waals surface area contributed by atoms with Crippen molar-refractivity contribution in [2.75, 3.05) is 0 Å². The van der Waals surface area contributed by atoms with Crippen LogP contribution in [0.1, 0.15) is 27.8 Å². The first-order chi connectivity index (χ1) is 27.9. The van der Waals surface area contributed by atoms with Crippen molar-refractivity contribution in [1.29, 1.82) is 10.5 Å². The number of fused-ring (bicyclic) bond motifs is 6. The van der Waals surface area contributed by atoms with Crippen LogP contribution in [0.3, 0.4) is 0 Å². The number of nitrogens with zero attached hydrogens (tertiary/aromatic N) is 4. The Morgan fingerprint density at radius 2 is 0.772 bits per heavy atom. The second kappa shape index (κ2) is 13.3. The van der Waals surface area contributed by atoms with Crippen LogP contribution in [0.4, 0.5) is 0 Å². The summed E-state index contributed by atoms with van der Waals surface area (Å²) < 4.78 is 4.64. The molecule has 0 aliphatic rings. The number of para-hydroxylation sites is 2. The smallest absolute Gasteiger partial charge is 0.0993 e. The summed E-state index contributed by atoms with van der Waals surface area (Å²) in [4.78, 5) is 0. The predicted octanol–water partition coefficient (Wildman–Crippen LogP) is 13.6. The number of nitriles is 2. The zero-order valence-electron chi connectivity index (χ0n) is 31.9. The molecule has 0 unspecified atom stereocenters. The normalized spacial score (nSPS) is 11.4. The Kier molecular flexibility index (Phi) is 7.89. The largest absolute Gasteiger partial charge is 0.308 e. The molecule has 0 fully saturated rings. The lowest BCUT2D eigenvalue weighted by molar-refractivity contribution is 1.13. The van der Waals surface area contributed by atoms with E-state index in [-0.39, 0.29) is 0 Å². The van der Waals surface area contributed by atoms with Gasteiger partial charge in [-0.05, 0) is 103 Å². The number of aryl methyl sites for hydroxylation is 3. The van der Waals surface area contributed by atoms with Crippen LogP contribution in [-0.2, 0) is 0 Å². The van der Waals surface area contributed by atoms with Crippen LogP contribution in [0.25, 0.3) is 88.4 Å². The van der Waals surface area contributed by atoms with Gasteiger partial charge in [-0.15, -0.1) is 0 Å². The highest BCUT2D eigenvalue weighted by Gasteiger charge is 2.24. The summed E-state index contributed by atoms with van der Waals surface area (Å²) in [6.07, 6.45) is 0. The standard InChI is InChI=1S/C53H36N4/c1-33-12-16-38(17-13-33)40-20-22-45-43-8-4-6-10-47(43)56(49(45)29-40)51-27-37(32-55)28-52(53(51)42-25-35(3)24-36(26-42)31-54)57-48-11-7-5-9-44(48)46-23-21-41(30-50(46)57)39-18-14-34(2)15-19-39/h4-30H,1-3H3. The van der Waals surface area contributed by atoms with Crippen LogP contribution < -0.4 is 0 Å². The fraction of sp³-hybridized carbons (Fsp3) is 0.0566. The number of aromatic nitrogens is 2. The molecule has 10 aromatic rings. The fourth-order valence-electron chi connectivity index (χ4n) is 8.63. The zero-order chi connectivity index (χ0) is 38.8. The molecular formula is C53H36N4. The Balaban J connectivity index is 1.37. The van der Waals surface area contributed by atoms with Gasteiger partial charge in [0.05, 0.1) is 56.7 Å². The zero-order valence-corrected chi connectivity index (χ0v) is 31.9. The van der Waals surface area contributed by atoms with Crippen molar-refractivity contribution >= 4 is 43.6 Å². The van der Waals surface area contributed by atoms with E-state index in [9.17, 15) is 10.5 Å². The molecule has 0 aliphatic carbocycles. The van der Waals surface area contributed by atoms with Gasteiger partial charge in [0.15, 0.2) is 0 Å². The molecular weight excluding hydrogens is 693 g/mol. The third-order valence-corrected chi connectivity index (χ3v) is 11.3. The maximum absolute atomic E-state index is 10.8. The monoisotopic (exact) mass is 728 g/mol. The Bertz CT molecular complexity index is 3140. The Morgan fingerprint density at radius 1 is 0.351 bits per heavy atom. The van der Waals surface area contributed by atoms with Crippen LogP contribution in [0, 0.1) is 43.4 Å². The van der Waals surface area contributed by atoms with Crippen LogP contribution in [0.5, 0.6) is 0 Å². The summed E-state index contributed by atoms with van der Waals surface area (Å²) in [5.41, 5.74) is 16.7. The van der Waals surface area contributed by atoms with E-state index in [4.69, 9.17) is 0 Å². The van der Waals surface area contributed by atoms with E-state index in [1.165, 1.54) is 11.1 Å². The van der Waals surface area contributed by atoms with Crippen LogP contribution in [0.15, 0.2) is 164 Å². The maximum atomic E-state index is 10.8. The van der Waals surface area contributed by atoms with Gasteiger partial charge < -0.3 is 9.13 Å². The first-order valence-corrected chi connectivity index (χ1v) is 19.2. The lowest BCUT2D eigenvalue weighted by Gasteiger charge is -2.21. The fourth-order valence-corrected chi connectivity index (χ4v) is 8.63. The molecule has 8 aromatic carbocycles. The second-order valence-corrected chi connectivity index (χ2v) is 15.1. The SMILES string of the molecule is Cc1ccc(-c2ccc3c4ccccc4n(-c4cc(C#N)cc(-n5c6ccccc6c6ccc(-c7ccc(C)cc7)cc65)c4-c4cc(C)cc(C#N)c4)c3c2)cc1. The summed E-state index contributed by atoms with van der Waals surface area (Å²) in [6.45, 7) is 6.25. The molecule has 0 bridgehead atoms. The highest BCUT2D eigenvalue weighted by molar-refractivity contribution is 6.13. The van der Waals surface area contributed by atoms with Crippen LogP contribution in [-0.4, -0.2) is 9.13 Å². The van der Waals surface area contributed by atoms with E-state index in [0.29, 0.717) is 11.1 Å². The van der Waals surface area contributed by atoms with E-state index in [1.807, 2.05) is 31.2 Å². The molecule has 0 atom stereocenters. The van der Waals surface area contributed by atoms with E-state index in [0.717, 1.165) is 93.9 Å². The molecule has 0 radical (unpaired) electrons. The number of hydrogen-bond donors (Lipinski definition) is 0. The topological polar surface area (TPSA) is 57.4 Å². The van der Waals surface area contributed by atoms with Gasteiger partial charge in [0.25, 0.3) is 0 Å². The predicted molar refractivity (Wildman–Crippen MR) is 235 cm³/mol. The molecule has 4 heteroatoms. The molecule has 268 valence electrons. The minimum absolute atomic E-state index is 0.540. The highest BCUT2D eigenvalue weighted by Crippen LogP contribution is 2.44. The average Bonchev–Trinajstić information content (AvgIpc) is 3.75. The molecule has 10 rings (SSSR count). The second-order valence-electron chi connectivity index (χ2n) is 15.1. The molecule has 0 amide bonds. The number of hydrogen-bond acceptors (Lipinski definition) is 2. The summed E-state index contributed by atoms with van der Waals surface area (Å²) in [6, 6.07) is 62.7. The molecule has 2 aromatic heterocycles. The molecule has 4 nitrogen and oxygen atoms in total. The summed E-state index contributed by atoms with van der Waals surface area (Å²) in [5.74, 6) is 0. The van der Waals surface area contributed by atoms with E-state index >= 15 is 0 Å². The summed E-state index contributed by atoms with van der Waals surface area (Å²) in [7, 11) is 0. The van der Waals surface area contributed by atoms with Crippen LogP contribution in [0.2, 0.25) is 0 Å². The third-order valence-electron chi connectivity index (χ3n) is 11.3. The quantitative estimate of drug-likeness (QED) is 0.177. The van der Waals surface area contributed by atoms with Gasteiger partial charge in [-0.25, -0.2) is 0 Å². The lowest BCUT2D eigenvalue weighted by atomic mass is 9.95. The van der Waals surface area contributed by atoms with Gasteiger partial charge in [-0.2, -0.15) is 10.5 Å². The van der Waals surface area contributed by atoms with Gasteiger partial charge in [0.2, 0.25) is 0 Å². The lowest BCUT2D eigenvalue weighted by Crippen LogP contribution is -2.05. The highest BCUT2D eigenvalue weighted by atomic mass is 15.0. The molecule has 0 spiro atoms. The van der Waals surface area contributed by atoms with Crippen LogP contribution >= 0.6 is 0 Å². The minimum Gasteiger partial charge on any atom is -0.308 e. The Hall–Kier alpha value is -7.66. The maximum Gasteiger partial charge on any atom is 0.0993 e. The van der Waals surface area contributed by atoms with Gasteiger partial charge in [-0.1, -0.05) is 126 Å². The molecule has 0 aliphatic heterocycles. The van der Waals surface area contributed by atoms with Crippen molar-refractivity contribution in [3.05, 3.63) is 192 Å². The Labute approximate surface area is 331 Å².